The summed E-state index contributed by atoms with van der Waals surface area (Å²) in [6, 6.07) is 7.87. The van der Waals surface area contributed by atoms with E-state index in [-0.39, 0.29) is 11.8 Å². The van der Waals surface area contributed by atoms with Crippen LogP contribution in [0.3, 0.4) is 0 Å². The first-order valence-corrected chi connectivity index (χ1v) is 7.70. The number of nitrogens with two attached hydrogens (primary N) is 1. The molecule has 2 atom stereocenters. The number of primary amides is 1. The molecule has 1 aromatic carbocycles. The predicted octanol–water partition coefficient (Wildman–Crippen LogP) is 0.750. The van der Waals surface area contributed by atoms with E-state index in [0.717, 1.165) is 5.56 Å². The van der Waals surface area contributed by atoms with Crippen LogP contribution in [0.4, 0.5) is 0 Å². The monoisotopic (exact) mass is 319 g/mol. The fourth-order valence-corrected chi connectivity index (χ4v) is 2.29. The summed E-state index contributed by atoms with van der Waals surface area (Å²) in [6.45, 7) is 5.24. The van der Waals surface area contributed by atoms with Crippen LogP contribution >= 0.6 is 0 Å². The molecule has 0 aliphatic rings. The van der Waals surface area contributed by atoms with Crippen molar-refractivity contribution in [3.63, 3.8) is 0 Å². The summed E-state index contributed by atoms with van der Waals surface area (Å²) >= 11 is 0. The largest absolute Gasteiger partial charge is 0.368 e. The highest BCUT2D eigenvalue weighted by molar-refractivity contribution is 5.91. The maximum atomic E-state index is 12.4. The van der Waals surface area contributed by atoms with Gasteiger partial charge in [-0.25, -0.2) is 0 Å². The molecule has 0 saturated carbocycles. The molecule has 1 aromatic rings. The summed E-state index contributed by atoms with van der Waals surface area (Å²) in [4.78, 5) is 35.3. The van der Waals surface area contributed by atoms with Crippen LogP contribution in [0.5, 0.6) is 0 Å². The van der Waals surface area contributed by atoms with Crippen molar-refractivity contribution in [2.45, 2.75) is 45.7 Å². The molecule has 0 aliphatic carbocycles. The molecular formula is C17H25N3O3. The quantitative estimate of drug-likeness (QED) is 0.659. The maximum Gasteiger partial charge on any atom is 0.243 e. The van der Waals surface area contributed by atoms with E-state index in [9.17, 15) is 14.4 Å². The minimum Gasteiger partial charge on any atom is -0.368 e. The standard InChI is InChI=1S/C17H25N3O3/c1-11(2)9-14(16(18)22)20-17(23)15(19-12(3)21)10-13-7-5-4-6-8-13/h4-8,11,14-15H,9-10H2,1-3H3,(H2,18,22)(H,19,21)(H,20,23). The Labute approximate surface area is 136 Å². The highest BCUT2D eigenvalue weighted by atomic mass is 16.2. The van der Waals surface area contributed by atoms with Gasteiger partial charge >= 0.3 is 0 Å². The molecule has 4 N–H and O–H groups in total. The summed E-state index contributed by atoms with van der Waals surface area (Å²) in [5.41, 5.74) is 6.26. The van der Waals surface area contributed by atoms with Crippen LogP contribution in [0.1, 0.15) is 32.8 Å². The van der Waals surface area contributed by atoms with Gasteiger partial charge in [0.15, 0.2) is 0 Å². The molecule has 0 spiro atoms. The molecule has 6 heteroatoms. The van der Waals surface area contributed by atoms with Crippen molar-refractivity contribution in [3.8, 4) is 0 Å². The number of nitrogens with one attached hydrogen (secondary N) is 2. The van der Waals surface area contributed by atoms with Crippen LogP contribution in [-0.4, -0.2) is 29.8 Å². The Morgan fingerprint density at radius 2 is 1.65 bits per heavy atom. The zero-order valence-electron chi connectivity index (χ0n) is 13.8. The summed E-state index contributed by atoms with van der Waals surface area (Å²) in [7, 11) is 0. The molecule has 1 rings (SSSR count). The van der Waals surface area contributed by atoms with E-state index >= 15 is 0 Å². The zero-order chi connectivity index (χ0) is 17.4. The Morgan fingerprint density at radius 3 is 2.13 bits per heavy atom. The van der Waals surface area contributed by atoms with E-state index in [1.165, 1.54) is 6.92 Å². The Bertz CT molecular complexity index is 543. The van der Waals surface area contributed by atoms with Crippen LogP contribution in [0.2, 0.25) is 0 Å². The summed E-state index contributed by atoms with van der Waals surface area (Å²) in [5.74, 6) is -1.08. The van der Waals surface area contributed by atoms with Crippen molar-refractivity contribution >= 4 is 17.7 Å². The number of carbonyl (C=O) groups is 3. The van der Waals surface area contributed by atoms with Gasteiger partial charge in [-0.15, -0.1) is 0 Å². The SMILES string of the molecule is CC(=O)NC(Cc1ccccc1)C(=O)NC(CC(C)C)C(N)=O. The van der Waals surface area contributed by atoms with Gasteiger partial charge in [-0.2, -0.15) is 0 Å². The second kappa shape index (κ2) is 8.92. The van der Waals surface area contributed by atoms with E-state index in [2.05, 4.69) is 10.6 Å². The smallest absolute Gasteiger partial charge is 0.243 e. The minimum atomic E-state index is -0.746. The van der Waals surface area contributed by atoms with Gasteiger partial charge in [-0.1, -0.05) is 44.2 Å². The van der Waals surface area contributed by atoms with Gasteiger partial charge < -0.3 is 16.4 Å². The summed E-state index contributed by atoms with van der Waals surface area (Å²) in [6.07, 6.45) is 0.804. The maximum absolute atomic E-state index is 12.4. The first kappa shape index (κ1) is 18.7. The fourth-order valence-electron chi connectivity index (χ4n) is 2.29. The third-order valence-corrected chi connectivity index (χ3v) is 3.34. The number of carbonyl (C=O) groups excluding carboxylic acids is 3. The molecule has 0 fully saturated rings. The van der Waals surface area contributed by atoms with Crippen molar-refractivity contribution < 1.29 is 14.4 Å². The molecule has 0 aliphatic heterocycles. The van der Waals surface area contributed by atoms with Crippen molar-refractivity contribution in [3.05, 3.63) is 35.9 Å². The lowest BCUT2D eigenvalue weighted by Crippen LogP contribution is -2.53. The number of rotatable bonds is 8. The molecule has 0 heterocycles. The number of hydrogen-bond acceptors (Lipinski definition) is 3. The average Bonchev–Trinajstić information content (AvgIpc) is 2.45. The molecule has 2 unspecified atom stereocenters. The van der Waals surface area contributed by atoms with Crippen molar-refractivity contribution in [1.82, 2.24) is 10.6 Å². The lowest BCUT2D eigenvalue weighted by molar-refractivity contribution is -0.131. The number of amides is 3. The van der Waals surface area contributed by atoms with Gasteiger partial charge in [-0.05, 0) is 17.9 Å². The Balaban J connectivity index is 2.82. The average molecular weight is 319 g/mol. The first-order valence-electron chi connectivity index (χ1n) is 7.70. The highest BCUT2D eigenvalue weighted by Crippen LogP contribution is 2.07. The molecule has 3 amide bonds. The second-order valence-corrected chi connectivity index (χ2v) is 6.04. The van der Waals surface area contributed by atoms with Crippen LogP contribution in [0, 0.1) is 5.92 Å². The fraction of sp³-hybridized carbons (Fsp3) is 0.471. The van der Waals surface area contributed by atoms with Gasteiger partial charge in [-0.3, -0.25) is 14.4 Å². The molecule has 6 nitrogen and oxygen atoms in total. The Kier molecular flexibility index (Phi) is 7.25. The molecule has 0 radical (unpaired) electrons. The lowest BCUT2D eigenvalue weighted by atomic mass is 10.0. The molecule has 0 saturated heterocycles. The van der Waals surface area contributed by atoms with Crippen LogP contribution in [0.25, 0.3) is 0 Å². The third-order valence-electron chi connectivity index (χ3n) is 3.34. The van der Waals surface area contributed by atoms with E-state index in [1.807, 2.05) is 44.2 Å². The highest BCUT2D eigenvalue weighted by Gasteiger charge is 2.25. The van der Waals surface area contributed by atoms with E-state index < -0.39 is 23.9 Å². The zero-order valence-corrected chi connectivity index (χ0v) is 13.8. The van der Waals surface area contributed by atoms with E-state index in [1.54, 1.807) is 0 Å². The Morgan fingerprint density at radius 1 is 1.04 bits per heavy atom. The van der Waals surface area contributed by atoms with Crippen LogP contribution < -0.4 is 16.4 Å². The molecule has 126 valence electrons. The Hall–Kier alpha value is -2.37. The van der Waals surface area contributed by atoms with E-state index in [0.29, 0.717) is 12.8 Å². The van der Waals surface area contributed by atoms with Crippen LogP contribution in [-0.2, 0) is 20.8 Å². The molecule has 0 bridgehead atoms. The minimum absolute atomic E-state index is 0.209. The van der Waals surface area contributed by atoms with Crippen molar-refractivity contribution in [2.75, 3.05) is 0 Å². The second-order valence-electron chi connectivity index (χ2n) is 6.04. The normalized spacial score (nSPS) is 13.2. The third kappa shape index (κ3) is 6.95. The molecule has 23 heavy (non-hydrogen) atoms. The number of benzene rings is 1. The van der Waals surface area contributed by atoms with Gasteiger partial charge in [0.1, 0.15) is 12.1 Å². The van der Waals surface area contributed by atoms with Crippen molar-refractivity contribution in [1.29, 1.82) is 0 Å². The first-order chi connectivity index (χ1) is 10.8. The summed E-state index contributed by atoms with van der Waals surface area (Å²) in [5, 5.41) is 5.27. The van der Waals surface area contributed by atoms with Gasteiger partial charge in [0.2, 0.25) is 17.7 Å². The van der Waals surface area contributed by atoms with Gasteiger partial charge in [0.25, 0.3) is 0 Å². The van der Waals surface area contributed by atoms with E-state index in [4.69, 9.17) is 5.73 Å². The molecule has 0 aromatic heterocycles. The summed E-state index contributed by atoms with van der Waals surface area (Å²) < 4.78 is 0. The topological polar surface area (TPSA) is 101 Å². The van der Waals surface area contributed by atoms with Crippen molar-refractivity contribution in [2.24, 2.45) is 11.7 Å². The van der Waals surface area contributed by atoms with Gasteiger partial charge in [0, 0.05) is 13.3 Å². The predicted molar refractivity (Wildman–Crippen MR) is 88.3 cm³/mol. The molecular weight excluding hydrogens is 294 g/mol. The van der Waals surface area contributed by atoms with Crippen LogP contribution in [0.15, 0.2) is 30.3 Å². The number of hydrogen-bond donors (Lipinski definition) is 3. The lowest BCUT2D eigenvalue weighted by Gasteiger charge is -2.22. The van der Waals surface area contributed by atoms with Gasteiger partial charge in [0.05, 0.1) is 0 Å².